The summed E-state index contributed by atoms with van der Waals surface area (Å²) in [5, 5.41) is 12.7. The lowest BCUT2D eigenvalue weighted by molar-refractivity contribution is -0.140. The summed E-state index contributed by atoms with van der Waals surface area (Å²) < 4.78 is 30.0. The number of hydrogen-bond acceptors (Lipinski definition) is 6. The van der Waals surface area contributed by atoms with Crippen molar-refractivity contribution in [2.24, 2.45) is 5.92 Å². The number of piperidine rings is 1. The van der Waals surface area contributed by atoms with Crippen LogP contribution in [0, 0.1) is 12.8 Å². The van der Waals surface area contributed by atoms with Crippen LogP contribution in [0.1, 0.15) is 40.7 Å². The number of likely N-dealkylation sites (tertiary alicyclic amines) is 1. The highest BCUT2D eigenvalue weighted by molar-refractivity contribution is 7.98. The van der Waals surface area contributed by atoms with Crippen molar-refractivity contribution >= 4 is 33.7 Å². The second-order valence-electron chi connectivity index (χ2n) is 11.3. The van der Waals surface area contributed by atoms with Gasteiger partial charge in [0.2, 0.25) is 10.0 Å². The van der Waals surface area contributed by atoms with Crippen molar-refractivity contribution in [2.75, 3.05) is 25.1 Å². The average Bonchev–Trinajstić information content (AvgIpc) is 3.68. The van der Waals surface area contributed by atoms with E-state index in [9.17, 15) is 23.1 Å². The zero-order valence-electron chi connectivity index (χ0n) is 23.9. The van der Waals surface area contributed by atoms with Crippen molar-refractivity contribution in [1.82, 2.24) is 14.9 Å². The van der Waals surface area contributed by atoms with Gasteiger partial charge in [-0.2, -0.15) is 11.8 Å². The number of amides is 1. The molecule has 1 saturated heterocycles. The molecule has 3 aromatic carbocycles. The highest BCUT2D eigenvalue weighted by atomic mass is 32.2. The second-order valence-corrected chi connectivity index (χ2v) is 13.9. The molecule has 1 saturated carbocycles. The number of carbonyl (C=O) groups excluding carboxylic acids is 1. The minimum Gasteiger partial charge on any atom is -0.479 e. The first kappa shape index (κ1) is 30.3. The molecule has 1 heterocycles. The minimum absolute atomic E-state index is 0.0728. The molecule has 2 aliphatic rings. The lowest BCUT2D eigenvalue weighted by Gasteiger charge is -2.32. The van der Waals surface area contributed by atoms with Gasteiger partial charge in [-0.1, -0.05) is 54.6 Å². The van der Waals surface area contributed by atoms with Crippen LogP contribution in [-0.2, 0) is 21.4 Å². The number of carboxylic acid groups (broad SMARTS) is 1. The third kappa shape index (κ3) is 6.57. The molecule has 8 nitrogen and oxygen atoms in total. The lowest BCUT2D eigenvalue weighted by Crippen LogP contribution is -2.45. The second kappa shape index (κ2) is 12.6. The summed E-state index contributed by atoms with van der Waals surface area (Å²) in [6.07, 6.45) is 3.68. The first-order valence-corrected chi connectivity index (χ1v) is 17.0. The Morgan fingerprint density at radius 2 is 1.69 bits per heavy atom. The molecule has 1 amide bonds. The van der Waals surface area contributed by atoms with Crippen LogP contribution in [0.4, 0.5) is 0 Å². The van der Waals surface area contributed by atoms with Gasteiger partial charge in [0.25, 0.3) is 5.91 Å². The van der Waals surface area contributed by atoms with Crippen molar-refractivity contribution in [2.45, 2.75) is 49.2 Å². The normalized spacial score (nSPS) is 21.1. The summed E-state index contributed by atoms with van der Waals surface area (Å²) in [4.78, 5) is 28.1. The van der Waals surface area contributed by atoms with E-state index >= 15 is 0 Å². The number of nitrogens with one attached hydrogen (secondary N) is 2. The Kier molecular flexibility index (Phi) is 9.08. The number of aliphatic carboxylic acids is 1. The van der Waals surface area contributed by atoms with Gasteiger partial charge in [0.05, 0.1) is 4.90 Å². The monoisotopic (exact) mass is 607 g/mol. The Bertz CT molecular complexity index is 1560. The minimum atomic E-state index is -3.87. The maximum atomic E-state index is 13.6. The molecule has 0 bridgehead atoms. The Hall–Kier alpha value is -3.18. The molecule has 0 radical (unpaired) electrons. The quantitative estimate of drug-likeness (QED) is 0.293. The van der Waals surface area contributed by atoms with Crippen molar-refractivity contribution in [3.8, 4) is 11.1 Å². The number of benzene rings is 3. The van der Waals surface area contributed by atoms with E-state index in [0.29, 0.717) is 30.6 Å². The van der Waals surface area contributed by atoms with E-state index in [1.165, 1.54) is 23.8 Å². The van der Waals surface area contributed by atoms with E-state index in [1.807, 2.05) is 55.6 Å². The predicted molar refractivity (Wildman–Crippen MR) is 166 cm³/mol. The molecule has 0 spiro atoms. The van der Waals surface area contributed by atoms with E-state index in [4.69, 9.17) is 0 Å². The van der Waals surface area contributed by atoms with Gasteiger partial charge >= 0.3 is 5.97 Å². The van der Waals surface area contributed by atoms with Crippen LogP contribution >= 0.6 is 11.8 Å². The van der Waals surface area contributed by atoms with Crippen molar-refractivity contribution in [1.29, 1.82) is 0 Å². The molecule has 3 N–H and O–H groups in total. The van der Waals surface area contributed by atoms with Gasteiger partial charge in [0.1, 0.15) is 5.54 Å². The zero-order valence-corrected chi connectivity index (χ0v) is 25.5. The van der Waals surface area contributed by atoms with Crippen LogP contribution in [0.2, 0.25) is 0 Å². The number of hydrogen-bond donors (Lipinski definition) is 3. The van der Waals surface area contributed by atoms with Gasteiger partial charge in [0, 0.05) is 37.2 Å². The Morgan fingerprint density at radius 3 is 2.36 bits per heavy atom. The first-order valence-electron chi connectivity index (χ1n) is 14.2. The van der Waals surface area contributed by atoms with Crippen molar-refractivity contribution in [3.05, 3.63) is 89.5 Å². The van der Waals surface area contributed by atoms with Crippen LogP contribution in [0.15, 0.2) is 77.7 Å². The fourth-order valence-electron chi connectivity index (χ4n) is 5.79. The molecule has 222 valence electrons. The Labute approximate surface area is 252 Å². The fourth-order valence-corrected chi connectivity index (χ4v) is 7.93. The highest BCUT2D eigenvalue weighted by Crippen LogP contribution is 2.46. The largest absolute Gasteiger partial charge is 0.479 e. The Balaban J connectivity index is 1.36. The summed E-state index contributed by atoms with van der Waals surface area (Å²) in [5.74, 6) is -1.10. The number of thioether (sulfide) groups is 1. The predicted octanol–water partition coefficient (Wildman–Crippen LogP) is 4.54. The Morgan fingerprint density at radius 1 is 1.00 bits per heavy atom. The number of rotatable bonds is 11. The van der Waals surface area contributed by atoms with Crippen LogP contribution in [0.25, 0.3) is 11.1 Å². The third-order valence-electron chi connectivity index (χ3n) is 8.33. The SMILES string of the molecule is CSCC1CC1(NC(=O)c1ccc(S(=O)(=O)NC2CCN(Cc3ccccc3)CC2)cc1-c1ccccc1C)C(=O)O. The first-order chi connectivity index (χ1) is 20.1. The molecule has 2 atom stereocenters. The van der Waals surface area contributed by atoms with E-state index in [2.05, 4.69) is 27.1 Å². The third-order valence-corrected chi connectivity index (χ3v) is 10.6. The van der Waals surface area contributed by atoms with Gasteiger partial charge < -0.3 is 10.4 Å². The summed E-state index contributed by atoms with van der Waals surface area (Å²) >= 11 is 1.54. The van der Waals surface area contributed by atoms with Crippen LogP contribution in [-0.4, -0.2) is 67.0 Å². The zero-order chi connectivity index (χ0) is 29.9. The average molecular weight is 608 g/mol. The van der Waals surface area contributed by atoms with Crippen molar-refractivity contribution in [3.63, 3.8) is 0 Å². The van der Waals surface area contributed by atoms with Gasteiger partial charge in [0.15, 0.2) is 0 Å². The van der Waals surface area contributed by atoms with E-state index in [-0.39, 0.29) is 22.4 Å². The molecule has 5 rings (SSSR count). The maximum absolute atomic E-state index is 13.6. The molecule has 42 heavy (non-hydrogen) atoms. The molecule has 1 aliphatic heterocycles. The molecule has 2 fully saturated rings. The van der Waals surface area contributed by atoms with Crippen LogP contribution in [0.3, 0.4) is 0 Å². The van der Waals surface area contributed by atoms with Gasteiger partial charge in [-0.05, 0) is 78.6 Å². The number of sulfonamides is 1. The number of carbonyl (C=O) groups is 2. The summed E-state index contributed by atoms with van der Waals surface area (Å²) in [6.45, 7) is 4.32. The van der Waals surface area contributed by atoms with Gasteiger partial charge in [-0.15, -0.1) is 0 Å². The molecule has 1 aliphatic carbocycles. The van der Waals surface area contributed by atoms with Crippen LogP contribution < -0.4 is 10.0 Å². The van der Waals surface area contributed by atoms with E-state index in [1.54, 1.807) is 11.8 Å². The maximum Gasteiger partial charge on any atom is 0.329 e. The van der Waals surface area contributed by atoms with E-state index < -0.39 is 27.4 Å². The summed E-state index contributed by atoms with van der Waals surface area (Å²) in [7, 11) is -3.87. The molecule has 10 heteroatoms. The number of carboxylic acids is 1. The number of aryl methyl sites for hydroxylation is 1. The lowest BCUT2D eigenvalue weighted by atomic mass is 9.95. The molecule has 0 aromatic heterocycles. The number of nitrogens with zero attached hydrogens (tertiary/aromatic N) is 1. The summed E-state index contributed by atoms with van der Waals surface area (Å²) in [6, 6.07) is 22.0. The van der Waals surface area contributed by atoms with Gasteiger partial charge in [-0.3, -0.25) is 9.69 Å². The molecule has 2 unspecified atom stereocenters. The summed E-state index contributed by atoms with van der Waals surface area (Å²) in [5.41, 5.74) is 2.22. The topological polar surface area (TPSA) is 116 Å². The molecular formula is C32H37N3O5S2. The molecule has 3 aromatic rings. The fraction of sp³-hybridized carbons (Fsp3) is 0.375. The van der Waals surface area contributed by atoms with Crippen LogP contribution in [0.5, 0.6) is 0 Å². The van der Waals surface area contributed by atoms with E-state index in [0.717, 1.165) is 30.8 Å². The van der Waals surface area contributed by atoms with Crippen molar-refractivity contribution < 1.29 is 23.1 Å². The molecular weight excluding hydrogens is 571 g/mol. The standard InChI is InChI=1S/C32H37N3O5S2/c1-22-8-6-7-11-27(22)29-18-26(12-13-28(29)30(36)33-32(31(37)38)19-24(32)21-41-2)42(39,40)34-25-14-16-35(17-15-25)20-23-9-4-3-5-10-23/h3-13,18,24-25,34H,14-17,19-21H2,1-2H3,(H,33,36)(H,37,38). The highest BCUT2D eigenvalue weighted by Gasteiger charge is 2.61. The van der Waals surface area contributed by atoms with Gasteiger partial charge in [-0.25, -0.2) is 17.9 Å². The smallest absolute Gasteiger partial charge is 0.329 e.